The Morgan fingerprint density at radius 1 is 1.11 bits per heavy atom. The van der Waals surface area contributed by atoms with E-state index in [-0.39, 0.29) is 17.9 Å². The number of amides is 2. The number of rotatable bonds is 5. The third-order valence-electron chi connectivity index (χ3n) is 6.90. The van der Waals surface area contributed by atoms with Crippen molar-refractivity contribution in [3.05, 3.63) is 52.4 Å². The summed E-state index contributed by atoms with van der Waals surface area (Å²) in [6.07, 6.45) is 1.83. The van der Waals surface area contributed by atoms with E-state index in [1.165, 1.54) is 0 Å². The molecular formula is C26H30ClN7O2. The van der Waals surface area contributed by atoms with Crippen LogP contribution in [0.15, 0.2) is 30.5 Å². The van der Waals surface area contributed by atoms with E-state index < -0.39 is 0 Å². The second kappa shape index (κ2) is 9.54. The molecule has 0 aliphatic carbocycles. The second-order valence-corrected chi connectivity index (χ2v) is 10.2. The first-order chi connectivity index (χ1) is 17.2. The fourth-order valence-corrected chi connectivity index (χ4v) is 5.00. The quantitative estimate of drug-likeness (QED) is 0.523. The Balaban J connectivity index is 1.48. The van der Waals surface area contributed by atoms with E-state index >= 15 is 0 Å². The van der Waals surface area contributed by atoms with Gasteiger partial charge < -0.3 is 19.6 Å². The minimum atomic E-state index is -0.0682. The Hall–Kier alpha value is -3.46. The maximum Gasteiger partial charge on any atom is 0.273 e. The number of piperazine rings is 1. The number of pyridine rings is 1. The van der Waals surface area contributed by atoms with Gasteiger partial charge in [0.05, 0.1) is 18.8 Å². The summed E-state index contributed by atoms with van der Waals surface area (Å²) in [6.45, 7) is 9.07. The molecule has 0 spiro atoms. The predicted octanol–water partition coefficient (Wildman–Crippen LogP) is 3.35. The molecule has 2 amide bonds. The van der Waals surface area contributed by atoms with Gasteiger partial charge in [0.15, 0.2) is 0 Å². The number of anilines is 2. The third kappa shape index (κ3) is 4.55. The summed E-state index contributed by atoms with van der Waals surface area (Å²) < 4.78 is 0. The molecule has 36 heavy (non-hydrogen) atoms. The van der Waals surface area contributed by atoms with E-state index in [0.717, 1.165) is 27.8 Å². The lowest BCUT2D eigenvalue weighted by Gasteiger charge is -2.34. The number of nitrogens with zero attached hydrogens (tertiary/aromatic N) is 7. The van der Waals surface area contributed by atoms with Crippen LogP contribution >= 0.6 is 11.6 Å². The van der Waals surface area contributed by atoms with Crippen LogP contribution in [0, 0.1) is 0 Å². The minimum Gasteiger partial charge on any atom is -0.353 e. The second-order valence-electron chi connectivity index (χ2n) is 9.72. The molecule has 1 fully saturated rings. The van der Waals surface area contributed by atoms with E-state index in [9.17, 15) is 9.59 Å². The zero-order chi connectivity index (χ0) is 25.6. The molecule has 9 nitrogen and oxygen atoms in total. The zero-order valence-corrected chi connectivity index (χ0v) is 21.8. The summed E-state index contributed by atoms with van der Waals surface area (Å²) in [5.74, 6) is 1.26. The van der Waals surface area contributed by atoms with Crippen LogP contribution < -0.4 is 9.80 Å². The van der Waals surface area contributed by atoms with Gasteiger partial charge in [-0.1, -0.05) is 17.7 Å². The van der Waals surface area contributed by atoms with Gasteiger partial charge in [-0.05, 0) is 37.4 Å². The SMILES string of the molecule is CC(=O)N1CCN(c2nc3c(c(N(C)Cc4cc5ccc(Cl)cc5cn4)n2)CN(C(C)C)C3=O)CC1. The first-order valence-electron chi connectivity index (χ1n) is 12.2. The van der Waals surface area contributed by atoms with Crippen molar-refractivity contribution in [3.8, 4) is 0 Å². The largest absolute Gasteiger partial charge is 0.353 e. The molecule has 0 bridgehead atoms. The molecule has 0 radical (unpaired) electrons. The van der Waals surface area contributed by atoms with Gasteiger partial charge in [-0.25, -0.2) is 4.98 Å². The number of aromatic nitrogens is 3. The van der Waals surface area contributed by atoms with E-state index in [4.69, 9.17) is 21.6 Å². The highest BCUT2D eigenvalue weighted by molar-refractivity contribution is 6.31. The molecule has 0 saturated carbocycles. The van der Waals surface area contributed by atoms with E-state index in [1.807, 2.05) is 60.0 Å². The van der Waals surface area contributed by atoms with Crippen molar-refractivity contribution in [1.29, 1.82) is 0 Å². The Labute approximate surface area is 215 Å². The summed E-state index contributed by atoms with van der Waals surface area (Å²) in [4.78, 5) is 47.1. The van der Waals surface area contributed by atoms with Gasteiger partial charge in [0.25, 0.3) is 5.91 Å². The number of hydrogen-bond donors (Lipinski definition) is 0. The number of benzene rings is 1. The fourth-order valence-electron chi connectivity index (χ4n) is 4.82. The molecule has 2 aromatic heterocycles. The standard InChI is InChI=1S/C26H30ClN7O2/c1-16(2)34-15-22-23(25(34)36)29-26(33-9-7-32(8-10-33)17(3)35)30-24(22)31(4)14-21-12-18-5-6-20(27)11-19(18)13-28-21/h5-6,11-13,16H,7-10,14-15H2,1-4H3. The number of hydrogen-bond acceptors (Lipinski definition) is 7. The van der Waals surface area contributed by atoms with Gasteiger partial charge in [0.1, 0.15) is 11.5 Å². The van der Waals surface area contributed by atoms with Crippen LogP contribution in [-0.2, 0) is 17.9 Å². The molecule has 1 saturated heterocycles. The minimum absolute atomic E-state index is 0.0568. The molecule has 4 heterocycles. The smallest absolute Gasteiger partial charge is 0.273 e. The zero-order valence-electron chi connectivity index (χ0n) is 21.0. The summed E-state index contributed by atoms with van der Waals surface area (Å²) >= 11 is 6.12. The van der Waals surface area contributed by atoms with E-state index in [1.54, 1.807) is 6.92 Å². The Kier molecular flexibility index (Phi) is 6.42. The molecule has 5 rings (SSSR count). The van der Waals surface area contributed by atoms with Crippen molar-refractivity contribution in [1.82, 2.24) is 24.8 Å². The Morgan fingerprint density at radius 3 is 2.56 bits per heavy atom. The van der Waals surface area contributed by atoms with Crippen LogP contribution in [0.3, 0.4) is 0 Å². The average Bonchev–Trinajstić information content (AvgIpc) is 3.20. The van der Waals surface area contributed by atoms with Gasteiger partial charge in [0.2, 0.25) is 11.9 Å². The molecule has 188 valence electrons. The van der Waals surface area contributed by atoms with Crippen molar-refractivity contribution >= 4 is 46.0 Å². The molecule has 0 unspecified atom stereocenters. The van der Waals surface area contributed by atoms with Gasteiger partial charge in [0, 0.05) is 68.4 Å². The highest BCUT2D eigenvalue weighted by atomic mass is 35.5. The van der Waals surface area contributed by atoms with Gasteiger partial charge in [-0.2, -0.15) is 4.98 Å². The number of fused-ring (bicyclic) bond motifs is 2. The van der Waals surface area contributed by atoms with Crippen molar-refractivity contribution in [3.63, 3.8) is 0 Å². The third-order valence-corrected chi connectivity index (χ3v) is 7.13. The topological polar surface area (TPSA) is 85.8 Å². The summed E-state index contributed by atoms with van der Waals surface area (Å²) in [5, 5.41) is 2.74. The van der Waals surface area contributed by atoms with Crippen molar-refractivity contribution in [2.45, 2.75) is 39.9 Å². The Morgan fingerprint density at radius 2 is 1.86 bits per heavy atom. The lowest BCUT2D eigenvalue weighted by atomic mass is 10.1. The first kappa shape index (κ1) is 24.2. The molecule has 2 aliphatic heterocycles. The van der Waals surface area contributed by atoms with Crippen LogP contribution in [0.4, 0.5) is 11.8 Å². The summed E-state index contributed by atoms with van der Waals surface area (Å²) in [7, 11) is 1.97. The number of halogens is 1. The lowest BCUT2D eigenvalue weighted by molar-refractivity contribution is -0.129. The number of carbonyl (C=O) groups excluding carboxylic acids is 2. The van der Waals surface area contributed by atoms with E-state index in [0.29, 0.717) is 55.9 Å². The maximum absolute atomic E-state index is 13.2. The summed E-state index contributed by atoms with van der Waals surface area (Å²) in [6, 6.07) is 7.87. The van der Waals surface area contributed by atoms with E-state index in [2.05, 4.69) is 16.0 Å². The van der Waals surface area contributed by atoms with Crippen molar-refractivity contribution in [2.75, 3.05) is 43.0 Å². The first-order valence-corrected chi connectivity index (χ1v) is 12.6. The molecular weight excluding hydrogens is 478 g/mol. The molecule has 3 aromatic rings. The van der Waals surface area contributed by atoms with Gasteiger partial charge in [-0.15, -0.1) is 0 Å². The molecule has 0 N–H and O–H groups in total. The highest BCUT2D eigenvalue weighted by Gasteiger charge is 2.36. The van der Waals surface area contributed by atoms with Gasteiger partial charge in [-0.3, -0.25) is 14.6 Å². The fraction of sp³-hybridized carbons (Fsp3) is 0.423. The average molecular weight is 508 g/mol. The van der Waals surface area contributed by atoms with Crippen molar-refractivity contribution < 1.29 is 9.59 Å². The highest BCUT2D eigenvalue weighted by Crippen LogP contribution is 2.33. The van der Waals surface area contributed by atoms with Crippen molar-refractivity contribution in [2.24, 2.45) is 0 Å². The molecule has 0 atom stereocenters. The van der Waals surface area contributed by atoms with Crippen LogP contribution in [0.5, 0.6) is 0 Å². The monoisotopic (exact) mass is 507 g/mol. The van der Waals surface area contributed by atoms with Crippen LogP contribution in [0.1, 0.15) is 42.5 Å². The van der Waals surface area contributed by atoms with Crippen LogP contribution in [-0.4, -0.2) is 75.8 Å². The molecule has 1 aromatic carbocycles. The maximum atomic E-state index is 13.2. The Bertz CT molecular complexity index is 1340. The number of carbonyl (C=O) groups is 2. The molecule has 10 heteroatoms. The van der Waals surface area contributed by atoms with Crippen LogP contribution in [0.2, 0.25) is 5.02 Å². The lowest BCUT2D eigenvalue weighted by Crippen LogP contribution is -2.48. The van der Waals surface area contributed by atoms with Crippen LogP contribution in [0.25, 0.3) is 10.8 Å². The predicted molar refractivity (Wildman–Crippen MR) is 140 cm³/mol. The van der Waals surface area contributed by atoms with Gasteiger partial charge >= 0.3 is 0 Å². The normalized spacial score (nSPS) is 15.7. The molecule has 2 aliphatic rings. The summed E-state index contributed by atoms with van der Waals surface area (Å²) in [5.41, 5.74) is 2.20.